The second-order valence-electron chi connectivity index (χ2n) is 7.47. The molecule has 166 valence electrons. The van der Waals surface area contributed by atoms with Gasteiger partial charge in [-0.15, -0.1) is 11.3 Å². The maximum Gasteiger partial charge on any atom is 0.236 e. The molecule has 1 aliphatic rings. The van der Waals surface area contributed by atoms with Crippen molar-refractivity contribution >= 4 is 38.5 Å². The van der Waals surface area contributed by atoms with Crippen LogP contribution in [0.1, 0.15) is 18.4 Å². The molecule has 0 unspecified atom stereocenters. The molecule has 32 heavy (non-hydrogen) atoms. The smallest absolute Gasteiger partial charge is 0.236 e. The lowest BCUT2D eigenvalue weighted by Gasteiger charge is -2.29. The number of anilines is 1. The molecule has 1 aliphatic heterocycles. The van der Waals surface area contributed by atoms with Crippen LogP contribution < -0.4 is 5.32 Å². The predicted octanol–water partition coefficient (Wildman–Crippen LogP) is 4.60. The zero-order valence-electron chi connectivity index (χ0n) is 17.1. The molecule has 6 nitrogen and oxygen atoms in total. The normalized spacial score (nSPS) is 15.8. The number of thiazole rings is 1. The number of halogens is 1. The molecule has 1 saturated heterocycles. The van der Waals surface area contributed by atoms with Gasteiger partial charge < -0.3 is 5.32 Å². The number of carbonyl (C=O) groups excluding carboxylic acids is 1. The molecule has 0 spiro atoms. The van der Waals surface area contributed by atoms with Crippen LogP contribution in [0.2, 0.25) is 0 Å². The molecule has 1 fully saturated rings. The number of hydrogen-bond acceptors (Lipinski definition) is 5. The molecule has 9 heteroatoms. The fourth-order valence-electron chi connectivity index (χ4n) is 3.48. The first-order valence-corrected chi connectivity index (χ1v) is 12.5. The van der Waals surface area contributed by atoms with Crippen molar-refractivity contribution in [3.8, 4) is 11.3 Å². The standard InChI is InChI=1S/C23H22FN3O3S2/c24-20-8-6-18(7-9-20)21-16-31-23(25-21)26-22(28)19-10-13-27(14-11-19)32(29,30)15-12-17-4-2-1-3-5-17/h1-9,12,15-16,19H,10-11,13-14H2,(H,25,26,28)/b15-12+. The van der Waals surface area contributed by atoms with Crippen molar-refractivity contribution in [1.82, 2.24) is 9.29 Å². The van der Waals surface area contributed by atoms with Gasteiger partial charge in [-0.3, -0.25) is 4.79 Å². The van der Waals surface area contributed by atoms with E-state index >= 15 is 0 Å². The van der Waals surface area contributed by atoms with Crippen LogP contribution in [0.5, 0.6) is 0 Å². The number of sulfonamides is 1. The molecule has 0 saturated carbocycles. The van der Waals surface area contributed by atoms with E-state index in [4.69, 9.17) is 0 Å². The largest absolute Gasteiger partial charge is 0.302 e. The minimum absolute atomic E-state index is 0.165. The molecule has 1 amide bonds. The number of benzene rings is 2. The van der Waals surface area contributed by atoms with Crippen LogP contribution in [0.3, 0.4) is 0 Å². The van der Waals surface area contributed by atoms with Gasteiger partial charge in [-0.05, 0) is 48.7 Å². The zero-order chi connectivity index (χ0) is 22.6. The second-order valence-corrected chi connectivity index (χ2v) is 10.1. The summed E-state index contributed by atoms with van der Waals surface area (Å²) in [5, 5.41) is 6.31. The number of carbonyl (C=O) groups is 1. The number of rotatable bonds is 6. The van der Waals surface area contributed by atoms with Crippen molar-refractivity contribution in [3.63, 3.8) is 0 Å². The molecule has 2 aromatic carbocycles. The van der Waals surface area contributed by atoms with Crippen LogP contribution in [0, 0.1) is 11.7 Å². The Kier molecular flexibility index (Phi) is 6.78. The third kappa shape index (κ3) is 5.48. The van der Waals surface area contributed by atoms with Gasteiger partial charge in [-0.2, -0.15) is 4.31 Å². The maximum absolute atomic E-state index is 13.1. The molecule has 0 atom stereocenters. The van der Waals surface area contributed by atoms with Gasteiger partial charge in [-0.25, -0.2) is 17.8 Å². The SMILES string of the molecule is O=C(Nc1nc(-c2ccc(F)cc2)cs1)C1CCN(S(=O)(=O)/C=C/c2ccccc2)CC1. The Labute approximate surface area is 190 Å². The quantitative estimate of drug-likeness (QED) is 0.570. The maximum atomic E-state index is 13.1. The van der Waals surface area contributed by atoms with E-state index in [0.29, 0.717) is 23.7 Å². The Hall–Kier alpha value is -2.88. The summed E-state index contributed by atoms with van der Waals surface area (Å²) in [5.74, 6) is -0.763. The Morgan fingerprint density at radius 1 is 1.09 bits per heavy atom. The third-order valence-corrected chi connectivity index (χ3v) is 7.61. The van der Waals surface area contributed by atoms with Crippen molar-refractivity contribution in [3.05, 3.63) is 76.8 Å². The molecular weight excluding hydrogens is 449 g/mol. The minimum Gasteiger partial charge on any atom is -0.302 e. The summed E-state index contributed by atoms with van der Waals surface area (Å²) in [6, 6.07) is 15.2. The van der Waals surface area contributed by atoms with Gasteiger partial charge in [-0.1, -0.05) is 30.3 Å². The molecule has 3 aromatic rings. The molecular formula is C23H22FN3O3S2. The monoisotopic (exact) mass is 471 g/mol. The van der Waals surface area contributed by atoms with Crippen LogP contribution in [0.4, 0.5) is 9.52 Å². The van der Waals surface area contributed by atoms with Crippen LogP contribution in [0.25, 0.3) is 17.3 Å². The average molecular weight is 472 g/mol. The molecule has 0 aliphatic carbocycles. The van der Waals surface area contributed by atoms with Crippen LogP contribution in [0.15, 0.2) is 65.4 Å². The lowest BCUT2D eigenvalue weighted by atomic mass is 9.97. The number of hydrogen-bond donors (Lipinski definition) is 1. The lowest BCUT2D eigenvalue weighted by Crippen LogP contribution is -2.40. The van der Waals surface area contributed by atoms with Crippen molar-refractivity contribution in [2.24, 2.45) is 5.92 Å². The van der Waals surface area contributed by atoms with Gasteiger partial charge in [0.1, 0.15) is 5.82 Å². The van der Waals surface area contributed by atoms with Gasteiger partial charge in [0.25, 0.3) is 0 Å². The highest BCUT2D eigenvalue weighted by Gasteiger charge is 2.30. The highest BCUT2D eigenvalue weighted by Crippen LogP contribution is 2.27. The van der Waals surface area contributed by atoms with E-state index in [1.807, 2.05) is 30.3 Å². The molecule has 2 heterocycles. The molecule has 0 bridgehead atoms. The van der Waals surface area contributed by atoms with E-state index in [-0.39, 0.29) is 30.7 Å². The molecule has 4 rings (SSSR count). The van der Waals surface area contributed by atoms with Gasteiger partial charge in [0.15, 0.2) is 5.13 Å². The average Bonchev–Trinajstić information content (AvgIpc) is 3.27. The summed E-state index contributed by atoms with van der Waals surface area (Å²) < 4.78 is 39.7. The summed E-state index contributed by atoms with van der Waals surface area (Å²) in [6.45, 7) is 0.580. The molecule has 1 N–H and O–H groups in total. The third-order valence-electron chi connectivity index (χ3n) is 5.29. The number of aromatic nitrogens is 1. The second kappa shape index (κ2) is 9.72. The Morgan fingerprint density at radius 2 is 1.78 bits per heavy atom. The van der Waals surface area contributed by atoms with Crippen LogP contribution >= 0.6 is 11.3 Å². The number of piperidine rings is 1. The van der Waals surface area contributed by atoms with Gasteiger partial charge in [0.05, 0.1) is 5.69 Å². The summed E-state index contributed by atoms with van der Waals surface area (Å²) >= 11 is 1.30. The Morgan fingerprint density at radius 3 is 2.47 bits per heavy atom. The van der Waals surface area contributed by atoms with E-state index in [2.05, 4.69) is 10.3 Å². The number of amides is 1. The van der Waals surface area contributed by atoms with E-state index < -0.39 is 10.0 Å². The van der Waals surface area contributed by atoms with E-state index in [9.17, 15) is 17.6 Å². The Bertz CT molecular complexity index is 1200. The van der Waals surface area contributed by atoms with Crippen molar-refractivity contribution in [1.29, 1.82) is 0 Å². The summed E-state index contributed by atoms with van der Waals surface area (Å²) in [6.07, 6.45) is 2.47. The fraction of sp³-hybridized carbons (Fsp3) is 0.217. The van der Waals surface area contributed by atoms with Crippen LogP contribution in [-0.2, 0) is 14.8 Å². The Balaban J connectivity index is 1.32. The highest BCUT2D eigenvalue weighted by molar-refractivity contribution is 7.92. The number of nitrogens with one attached hydrogen (secondary N) is 1. The summed E-state index contributed by atoms with van der Waals surface area (Å²) in [4.78, 5) is 17.1. The summed E-state index contributed by atoms with van der Waals surface area (Å²) in [7, 11) is -3.54. The topological polar surface area (TPSA) is 79.4 Å². The first-order chi connectivity index (χ1) is 15.4. The van der Waals surface area contributed by atoms with Crippen molar-refractivity contribution in [2.75, 3.05) is 18.4 Å². The van der Waals surface area contributed by atoms with Gasteiger partial charge >= 0.3 is 0 Å². The van der Waals surface area contributed by atoms with Gasteiger partial charge in [0.2, 0.25) is 15.9 Å². The minimum atomic E-state index is -3.54. The number of nitrogens with zero attached hydrogens (tertiary/aromatic N) is 2. The molecule has 1 aromatic heterocycles. The molecule has 0 radical (unpaired) electrons. The van der Waals surface area contributed by atoms with Crippen molar-refractivity contribution < 1.29 is 17.6 Å². The fourth-order valence-corrected chi connectivity index (χ4v) is 5.42. The zero-order valence-corrected chi connectivity index (χ0v) is 18.8. The first-order valence-electron chi connectivity index (χ1n) is 10.2. The first kappa shape index (κ1) is 22.3. The summed E-state index contributed by atoms with van der Waals surface area (Å²) in [5.41, 5.74) is 2.25. The van der Waals surface area contributed by atoms with Gasteiger partial charge in [0, 0.05) is 35.4 Å². The van der Waals surface area contributed by atoms with Crippen LogP contribution in [-0.4, -0.2) is 36.7 Å². The highest BCUT2D eigenvalue weighted by atomic mass is 32.2. The van der Waals surface area contributed by atoms with E-state index in [0.717, 1.165) is 11.1 Å². The van der Waals surface area contributed by atoms with Crippen molar-refractivity contribution in [2.45, 2.75) is 12.8 Å². The predicted molar refractivity (Wildman–Crippen MR) is 125 cm³/mol. The lowest BCUT2D eigenvalue weighted by molar-refractivity contribution is -0.120. The van der Waals surface area contributed by atoms with E-state index in [1.165, 1.54) is 33.2 Å². The van der Waals surface area contributed by atoms with E-state index in [1.54, 1.807) is 23.6 Å².